The van der Waals surface area contributed by atoms with Crippen molar-refractivity contribution < 1.29 is 0 Å². The maximum atomic E-state index is 3.59. The third-order valence-electron chi connectivity index (χ3n) is 2.82. The Morgan fingerprint density at radius 2 is 2.54 bits per heavy atom. The molecule has 13 heavy (non-hydrogen) atoms. The van der Waals surface area contributed by atoms with Gasteiger partial charge in [0.1, 0.15) is 0 Å². The van der Waals surface area contributed by atoms with Crippen LogP contribution in [0.4, 0.5) is 0 Å². The lowest BCUT2D eigenvalue weighted by Gasteiger charge is -2.23. The van der Waals surface area contributed by atoms with Crippen molar-refractivity contribution in [1.29, 1.82) is 0 Å². The first-order valence-corrected chi connectivity index (χ1v) is 5.28. The number of H-pyrrole nitrogens is 1. The molecule has 1 aromatic rings. The van der Waals surface area contributed by atoms with Crippen LogP contribution >= 0.6 is 0 Å². The van der Waals surface area contributed by atoms with Gasteiger partial charge in [0.25, 0.3) is 0 Å². The maximum absolute atomic E-state index is 3.59. The van der Waals surface area contributed by atoms with Gasteiger partial charge in [-0.3, -0.25) is 0 Å². The summed E-state index contributed by atoms with van der Waals surface area (Å²) in [7, 11) is 0. The van der Waals surface area contributed by atoms with Crippen LogP contribution in [0.25, 0.3) is 0 Å². The molecule has 1 atom stereocenters. The minimum absolute atomic E-state index is 0.711. The van der Waals surface area contributed by atoms with E-state index in [1.807, 2.05) is 0 Å². The summed E-state index contributed by atoms with van der Waals surface area (Å²) in [5.74, 6) is 0. The molecule has 1 aromatic heterocycles. The summed E-state index contributed by atoms with van der Waals surface area (Å²) >= 11 is 0. The van der Waals surface area contributed by atoms with E-state index in [1.54, 1.807) is 0 Å². The van der Waals surface area contributed by atoms with E-state index in [1.165, 1.54) is 36.9 Å². The summed E-state index contributed by atoms with van der Waals surface area (Å²) in [5.41, 5.74) is 2.97. The molecule has 0 aliphatic heterocycles. The van der Waals surface area contributed by atoms with Gasteiger partial charge in [0.05, 0.1) is 0 Å². The van der Waals surface area contributed by atoms with E-state index in [2.05, 4.69) is 29.5 Å². The van der Waals surface area contributed by atoms with Crippen LogP contribution < -0.4 is 5.32 Å². The van der Waals surface area contributed by atoms with Crippen LogP contribution in [0.5, 0.6) is 0 Å². The van der Waals surface area contributed by atoms with Gasteiger partial charge in [0.15, 0.2) is 0 Å². The Balaban J connectivity index is 1.93. The van der Waals surface area contributed by atoms with E-state index < -0.39 is 0 Å². The fourth-order valence-electron chi connectivity index (χ4n) is 2.07. The molecule has 1 aliphatic rings. The Morgan fingerprint density at radius 1 is 1.62 bits per heavy atom. The number of nitrogens with one attached hydrogen (secondary N) is 2. The highest BCUT2D eigenvalue weighted by molar-refractivity contribution is 5.24. The quantitative estimate of drug-likeness (QED) is 0.726. The standard InChI is InChI=1S/C11H18N2/c1-2-6-12-10-3-4-11-9(8-10)5-7-13-11/h5,7,10,12-13H,2-4,6,8H2,1H3. The summed E-state index contributed by atoms with van der Waals surface area (Å²) in [6.07, 6.45) is 7.00. The Morgan fingerprint density at radius 3 is 3.38 bits per heavy atom. The van der Waals surface area contributed by atoms with E-state index in [9.17, 15) is 0 Å². The van der Waals surface area contributed by atoms with Crippen LogP contribution in [0.15, 0.2) is 12.3 Å². The molecule has 2 rings (SSSR count). The number of fused-ring (bicyclic) bond motifs is 1. The van der Waals surface area contributed by atoms with Crippen LogP contribution in [0.2, 0.25) is 0 Å². The van der Waals surface area contributed by atoms with Crippen molar-refractivity contribution in [1.82, 2.24) is 10.3 Å². The second kappa shape index (κ2) is 3.97. The second-order valence-electron chi connectivity index (χ2n) is 3.88. The van der Waals surface area contributed by atoms with Crippen LogP contribution in [0, 0.1) is 0 Å². The predicted molar refractivity (Wildman–Crippen MR) is 54.9 cm³/mol. The van der Waals surface area contributed by atoms with Gasteiger partial charge in [-0.25, -0.2) is 0 Å². The van der Waals surface area contributed by atoms with Crippen molar-refractivity contribution in [3.05, 3.63) is 23.5 Å². The molecule has 0 aromatic carbocycles. The fourth-order valence-corrected chi connectivity index (χ4v) is 2.07. The third kappa shape index (κ3) is 1.94. The van der Waals surface area contributed by atoms with Crippen molar-refractivity contribution in [2.24, 2.45) is 0 Å². The summed E-state index contributed by atoms with van der Waals surface area (Å²) < 4.78 is 0. The SMILES string of the molecule is CCCNC1CCc2[nH]ccc2C1. The van der Waals surface area contributed by atoms with Gasteiger partial charge in [0, 0.05) is 17.9 Å². The number of rotatable bonds is 3. The van der Waals surface area contributed by atoms with Gasteiger partial charge in [-0.2, -0.15) is 0 Å². The molecule has 2 heteroatoms. The van der Waals surface area contributed by atoms with E-state index in [4.69, 9.17) is 0 Å². The minimum atomic E-state index is 0.711. The molecule has 2 nitrogen and oxygen atoms in total. The van der Waals surface area contributed by atoms with Crippen LogP contribution in [-0.4, -0.2) is 17.6 Å². The lowest BCUT2D eigenvalue weighted by Crippen LogP contribution is -2.34. The average molecular weight is 178 g/mol. The van der Waals surface area contributed by atoms with Crippen molar-refractivity contribution in [3.63, 3.8) is 0 Å². The highest BCUT2D eigenvalue weighted by Crippen LogP contribution is 2.19. The van der Waals surface area contributed by atoms with E-state index in [0.29, 0.717) is 6.04 Å². The maximum Gasteiger partial charge on any atom is 0.0180 e. The summed E-state index contributed by atoms with van der Waals surface area (Å²) in [6, 6.07) is 2.93. The molecule has 0 spiro atoms. The number of aryl methyl sites for hydroxylation is 1. The summed E-state index contributed by atoms with van der Waals surface area (Å²) in [4.78, 5) is 3.31. The number of hydrogen-bond acceptors (Lipinski definition) is 1. The zero-order valence-electron chi connectivity index (χ0n) is 8.27. The van der Waals surface area contributed by atoms with Crippen LogP contribution in [-0.2, 0) is 12.8 Å². The minimum Gasteiger partial charge on any atom is -0.365 e. The molecular weight excluding hydrogens is 160 g/mol. The normalized spacial score (nSPS) is 21.5. The van der Waals surface area contributed by atoms with E-state index >= 15 is 0 Å². The molecule has 0 saturated carbocycles. The second-order valence-corrected chi connectivity index (χ2v) is 3.88. The Kier molecular flexibility index (Phi) is 2.69. The topological polar surface area (TPSA) is 27.8 Å². The van der Waals surface area contributed by atoms with Gasteiger partial charge in [-0.05, 0) is 43.9 Å². The molecule has 72 valence electrons. The largest absolute Gasteiger partial charge is 0.365 e. The zero-order valence-corrected chi connectivity index (χ0v) is 8.27. The van der Waals surface area contributed by atoms with Gasteiger partial charge in [-0.15, -0.1) is 0 Å². The van der Waals surface area contributed by atoms with Crippen molar-refractivity contribution in [2.75, 3.05) is 6.54 Å². The van der Waals surface area contributed by atoms with Gasteiger partial charge in [-0.1, -0.05) is 6.92 Å². The third-order valence-corrected chi connectivity index (χ3v) is 2.82. The first kappa shape index (κ1) is 8.82. The molecule has 0 saturated heterocycles. The molecule has 1 aliphatic carbocycles. The zero-order chi connectivity index (χ0) is 9.10. The molecule has 1 unspecified atom stereocenters. The smallest absolute Gasteiger partial charge is 0.0180 e. The van der Waals surface area contributed by atoms with E-state index in [-0.39, 0.29) is 0 Å². The van der Waals surface area contributed by atoms with Crippen LogP contribution in [0.1, 0.15) is 31.0 Å². The van der Waals surface area contributed by atoms with Crippen molar-refractivity contribution in [3.8, 4) is 0 Å². The summed E-state index contributed by atoms with van der Waals surface area (Å²) in [6.45, 7) is 3.38. The average Bonchev–Trinajstić information content (AvgIpc) is 2.61. The first-order valence-electron chi connectivity index (χ1n) is 5.28. The highest BCUT2D eigenvalue weighted by atomic mass is 14.9. The van der Waals surface area contributed by atoms with Crippen LogP contribution in [0.3, 0.4) is 0 Å². The van der Waals surface area contributed by atoms with Crippen molar-refractivity contribution in [2.45, 2.75) is 38.6 Å². The molecule has 0 fully saturated rings. The monoisotopic (exact) mass is 178 g/mol. The molecule has 0 radical (unpaired) electrons. The van der Waals surface area contributed by atoms with Gasteiger partial charge in [0.2, 0.25) is 0 Å². The highest BCUT2D eigenvalue weighted by Gasteiger charge is 2.17. The predicted octanol–water partition coefficient (Wildman–Crippen LogP) is 1.87. The number of aromatic amines is 1. The summed E-state index contributed by atoms with van der Waals surface area (Å²) in [5, 5.41) is 3.59. The van der Waals surface area contributed by atoms with Crippen molar-refractivity contribution >= 4 is 0 Å². The molecule has 1 heterocycles. The molecule has 0 bridgehead atoms. The molecule has 0 amide bonds. The van der Waals surface area contributed by atoms with Gasteiger partial charge < -0.3 is 10.3 Å². The molecule has 2 N–H and O–H groups in total. The van der Waals surface area contributed by atoms with Gasteiger partial charge >= 0.3 is 0 Å². The number of hydrogen-bond donors (Lipinski definition) is 2. The Labute approximate surface area is 79.7 Å². The Hall–Kier alpha value is -0.760. The lowest BCUT2D eigenvalue weighted by molar-refractivity contribution is 0.457. The Bertz CT molecular complexity index is 265. The first-order chi connectivity index (χ1) is 6.40. The number of aromatic nitrogens is 1. The van der Waals surface area contributed by atoms with E-state index in [0.717, 1.165) is 6.54 Å². The lowest BCUT2D eigenvalue weighted by atomic mass is 9.93. The molecular formula is C11H18N2. The fraction of sp³-hybridized carbons (Fsp3) is 0.636.